The second-order valence-electron chi connectivity index (χ2n) is 12.7. The summed E-state index contributed by atoms with van der Waals surface area (Å²) in [6, 6.07) is 1.55. The van der Waals surface area contributed by atoms with Crippen molar-refractivity contribution in [1.82, 2.24) is 4.98 Å². The van der Waals surface area contributed by atoms with Gasteiger partial charge >= 0.3 is 11.9 Å². The highest BCUT2D eigenvalue weighted by Crippen LogP contribution is 2.62. The Morgan fingerprint density at radius 1 is 1.05 bits per heavy atom. The zero-order valence-corrected chi connectivity index (χ0v) is 24.2. The van der Waals surface area contributed by atoms with Crippen LogP contribution in [0.4, 0.5) is 0 Å². The minimum absolute atomic E-state index is 0.0124. The molecule has 1 aromatic rings. The molecule has 5 saturated carbocycles. The number of hydrogen-bond acceptors (Lipinski definition) is 9. The Kier molecular flexibility index (Phi) is 8.69. The van der Waals surface area contributed by atoms with Crippen LogP contribution in [0.1, 0.15) is 89.0 Å². The molecule has 9 heteroatoms. The first-order valence-electron chi connectivity index (χ1n) is 14.8. The molecule has 40 heavy (non-hydrogen) atoms. The number of ketones is 1. The number of nitrogens with zero attached hydrogens (tertiary/aromatic N) is 1. The number of carbonyl (C=O) groups is 3. The quantitative estimate of drug-likeness (QED) is 0.174. The van der Waals surface area contributed by atoms with E-state index in [-0.39, 0.29) is 41.9 Å². The van der Waals surface area contributed by atoms with Gasteiger partial charge in [0.2, 0.25) is 6.79 Å². The highest BCUT2D eigenvalue weighted by Gasteiger charge is 2.56. The third kappa shape index (κ3) is 6.45. The lowest BCUT2D eigenvalue weighted by Gasteiger charge is -2.59. The number of ether oxygens (including phenoxy) is 5. The van der Waals surface area contributed by atoms with Gasteiger partial charge in [-0.2, -0.15) is 0 Å². The van der Waals surface area contributed by atoms with Crippen molar-refractivity contribution >= 4 is 17.7 Å². The SMILES string of the molecule is COc1ccnc(C(=O)C[C@@H](C)C(=O)O[C@@H](C)[C@@H](OCC2CC2)C23CC4CC(CC(C4)C2)C3)c1OCOC(C)=O. The van der Waals surface area contributed by atoms with Gasteiger partial charge in [0.15, 0.2) is 23.0 Å². The van der Waals surface area contributed by atoms with Crippen LogP contribution in [0.15, 0.2) is 12.3 Å². The summed E-state index contributed by atoms with van der Waals surface area (Å²) in [6.45, 7) is 5.26. The Bertz CT molecular complexity index is 1060. The summed E-state index contributed by atoms with van der Waals surface area (Å²) in [7, 11) is 1.44. The molecule has 3 atom stereocenters. The maximum Gasteiger partial charge on any atom is 0.309 e. The van der Waals surface area contributed by atoms with Crippen LogP contribution in [-0.2, 0) is 23.8 Å². The Balaban J connectivity index is 1.24. The Morgan fingerprint density at radius 2 is 1.70 bits per heavy atom. The largest absolute Gasteiger partial charge is 0.493 e. The Hall–Kier alpha value is -2.68. The van der Waals surface area contributed by atoms with Crippen LogP contribution in [0.5, 0.6) is 11.5 Å². The predicted octanol–water partition coefficient (Wildman–Crippen LogP) is 5.14. The van der Waals surface area contributed by atoms with Gasteiger partial charge in [-0.05, 0) is 82.0 Å². The predicted molar refractivity (Wildman–Crippen MR) is 145 cm³/mol. The highest BCUT2D eigenvalue weighted by atomic mass is 16.7. The van der Waals surface area contributed by atoms with Crippen molar-refractivity contribution in [3.8, 4) is 11.5 Å². The van der Waals surface area contributed by atoms with Crippen molar-refractivity contribution in [2.45, 2.75) is 90.8 Å². The molecule has 5 aliphatic rings. The number of aromatic nitrogens is 1. The molecule has 5 fully saturated rings. The summed E-state index contributed by atoms with van der Waals surface area (Å²) in [6.07, 6.45) is 10.8. The van der Waals surface area contributed by atoms with E-state index in [4.69, 9.17) is 23.7 Å². The molecule has 0 saturated heterocycles. The van der Waals surface area contributed by atoms with Crippen LogP contribution < -0.4 is 9.47 Å². The lowest BCUT2D eigenvalue weighted by Crippen LogP contribution is -2.56. The van der Waals surface area contributed by atoms with Gasteiger partial charge in [-0.25, -0.2) is 4.98 Å². The average Bonchev–Trinajstić information content (AvgIpc) is 3.72. The van der Waals surface area contributed by atoms with Gasteiger partial charge in [0.05, 0.1) is 19.1 Å². The van der Waals surface area contributed by atoms with Crippen molar-refractivity contribution in [1.29, 1.82) is 0 Å². The van der Waals surface area contributed by atoms with Crippen LogP contribution in [0.3, 0.4) is 0 Å². The van der Waals surface area contributed by atoms with E-state index in [1.54, 1.807) is 13.0 Å². The Labute approximate surface area is 236 Å². The minimum Gasteiger partial charge on any atom is -0.493 e. The molecular formula is C31H43NO8. The fourth-order valence-corrected chi connectivity index (χ4v) is 7.78. The normalized spacial score (nSPS) is 28.9. The van der Waals surface area contributed by atoms with Gasteiger partial charge in [-0.1, -0.05) is 6.92 Å². The van der Waals surface area contributed by atoms with Crippen LogP contribution in [-0.4, -0.2) is 55.4 Å². The molecule has 0 radical (unpaired) electrons. The van der Waals surface area contributed by atoms with E-state index in [1.807, 2.05) is 6.92 Å². The molecule has 0 unspecified atom stereocenters. The summed E-state index contributed by atoms with van der Waals surface area (Å²) in [4.78, 5) is 41.8. The number of methoxy groups -OCH3 is 1. The fraction of sp³-hybridized carbons (Fsp3) is 0.742. The summed E-state index contributed by atoms with van der Waals surface area (Å²) in [5, 5.41) is 0. The molecule has 0 N–H and O–H groups in total. The van der Waals surface area contributed by atoms with Gasteiger partial charge < -0.3 is 23.7 Å². The number of Topliss-reactive ketones (excluding diaryl/α,β-unsaturated/α-hetero) is 1. The maximum absolute atomic E-state index is 13.3. The van der Waals surface area contributed by atoms with Crippen molar-refractivity contribution < 1.29 is 38.1 Å². The van der Waals surface area contributed by atoms with Crippen molar-refractivity contribution in [2.24, 2.45) is 35.0 Å². The van der Waals surface area contributed by atoms with Crippen LogP contribution >= 0.6 is 0 Å². The van der Waals surface area contributed by atoms with Crippen LogP contribution in [0, 0.1) is 35.0 Å². The molecular weight excluding hydrogens is 514 g/mol. The van der Waals surface area contributed by atoms with E-state index in [1.165, 1.54) is 71.6 Å². The van der Waals surface area contributed by atoms with E-state index >= 15 is 0 Å². The van der Waals surface area contributed by atoms with E-state index in [9.17, 15) is 14.4 Å². The standard InChI is InChI=1S/C31H43NO8/c1-18(9-25(34)27-28(39-17-38-20(3)33)26(36-4)7-8-32-27)30(35)40-19(2)29(37-16-21-5-6-21)31-13-22-10-23(14-31)12-24(11-22)15-31/h7-8,18-19,21-24,29H,5-6,9-17H2,1-4H3/t18-,19+,22?,23?,24?,29-,31?/m1/s1. The maximum atomic E-state index is 13.3. The molecule has 1 aromatic heterocycles. The van der Waals surface area contributed by atoms with Gasteiger partial charge in [0, 0.05) is 37.6 Å². The van der Waals surface area contributed by atoms with Gasteiger partial charge in [0.25, 0.3) is 0 Å². The number of rotatable bonds is 14. The summed E-state index contributed by atoms with van der Waals surface area (Å²) >= 11 is 0. The lowest BCUT2D eigenvalue weighted by molar-refractivity contribution is -0.193. The summed E-state index contributed by atoms with van der Waals surface area (Å²) < 4.78 is 28.4. The van der Waals surface area contributed by atoms with Crippen molar-refractivity contribution in [3.05, 3.63) is 18.0 Å². The second-order valence-corrected chi connectivity index (χ2v) is 12.7. The number of hydrogen-bond donors (Lipinski definition) is 0. The highest BCUT2D eigenvalue weighted by molar-refractivity contribution is 5.99. The lowest BCUT2D eigenvalue weighted by atomic mass is 9.47. The molecule has 220 valence electrons. The fourth-order valence-electron chi connectivity index (χ4n) is 7.78. The first-order valence-corrected chi connectivity index (χ1v) is 14.8. The number of carbonyl (C=O) groups excluding carboxylic acids is 3. The zero-order chi connectivity index (χ0) is 28.4. The summed E-state index contributed by atoms with van der Waals surface area (Å²) in [5.41, 5.74) is 0.0968. The number of pyridine rings is 1. The molecule has 0 aliphatic heterocycles. The van der Waals surface area contributed by atoms with E-state index in [0.29, 0.717) is 5.92 Å². The molecule has 0 spiro atoms. The molecule has 0 amide bonds. The van der Waals surface area contributed by atoms with Crippen LogP contribution in [0.2, 0.25) is 0 Å². The molecule has 4 bridgehead atoms. The van der Waals surface area contributed by atoms with E-state index < -0.39 is 29.7 Å². The Morgan fingerprint density at radius 3 is 2.27 bits per heavy atom. The summed E-state index contributed by atoms with van der Waals surface area (Å²) in [5.74, 6) is 1.26. The van der Waals surface area contributed by atoms with Crippen molar-refractivity contribution in [2.75, 3.05) is 20.5 Å². The molecule has 9 nitrogen and oxygen atoms in total. The van der Waals surface area contributed by atoms with Crippen molar-refractivity contribution in [3.63, 3.8) is 0 Å². The topological polar surface area (TPSA) is 110 Å². The smallest absolute Gasteiger partial charge is 0.309 e. The molecule has 5 aliphatic carbocycles. The average molecular weight is 558 g/mol. The number of esters is 2. The van der Waals surface area contributed by atoms with Gasteiger partial charge in [-0.3, -0.25) is 14.4 Å². The zero-order valence-electron chi connectivity index (χ0n) is 24.2. The molecule has 0 aromatic carbocycles. The third-order valence-corrected chi connectivity index (χ3v) is 9.34. The molecule has 6 rings (SSSR count). The van der Waals surface area contributed by atoms with E-state index in [0.717, 1.165) is 24.4 Å². The van der Waals surface area contributed by atoms with E-state index in [2.05, 4.69) is 4.98 Å². The van der Waals surface area contributed by atoms with Gasteiger partial charge in [-0.15, -0.1) is 0 Å². The first kappa shape index (κ1) is 28.8. The third-order valence-electron chi connectivity index (χ3n) is 9.34. The second kappa shape index (κ2) is 12.0. The first-order chi connectivity index (χ1) is 19.2. The minimum atomic E-state index is -0.690. The van der Waals surface area contributed by atoms with Gasteiger partial charge in [0.1, 0.15) is 6.10 Å². The molecule has 1 heterocycles. The monoisotopic (exact) mass is 557 g/mol. The van der Waals surface area contributed by atoms with Crippen LogP contribution in [0.25, 0.3) is 0 Å².